The Kier molecular flexibility index (Phi) is 7.83. The van der Waals surface area contributed by atoms with Crippen LogP contribution in [0.25, 0.3) is 0 Å². The second-order valence-corrected chi connectivity index (χ2v) is 4.83. The van der Waals surface area contributed by atoms with Crippen LogP contribution in [-0.2, 0) is 0 Å². The molecule has 0 rings (SSSR count). The van der Waals surface area contributed by atoms with Crippen LogP contribution in [0.1, 0.15) is 52.9 Å². The Hall–Kier alpha value is -0.330. The van der Waals surface area contributed by atoms with Gasteiger partial charge in [0.25, 0.3) is 0 Å². The molecule has 1 heteroatoms. The van der Waals surface area contributed by atoms with Crippen molar-refractivity contribution in [2.75, 3.05) is 14.1 Å². The molecule has 0 aliphatic rings. The lowest BCUT2D eigenvalue weighted by Crippen LogP contribution is -2.11. The molecule has 0 N–H and O–H groups in total. The van der Waals surface area contributed by atoms with Gasteiger partial charge in [0.1, 0.15) is 20.3 Å². The first kappa shape index (κ1) is 13.7. The molecule has 2 atom stereocenters. The van der Waals surface area contributed by atoms with Crippen LogP contribution in [0.3, 0.4) is 0 Å². The molecule has 0 saturated carbocycles. The highest BCUT2D eigenvalue weighted by molar-refractivity contribution is 5.51. The third kappa shape index (κ3) is 7.11. The summed E-state index contributed by atoms with van der Waals surface area (Å²) >= 11 is 0. The van der Waals surface area contributed by atoms with Crippen LogP contribution in [0.5, 0.6) is 0 Å². The van der Waals surface area contributed by atoms with Crippen LogP contribution in [0.2, 0.25) is 0 Å². The lowest BCUT2D eigenvalue weighted by Gasteiger charge is -2.17. The van der Waals surface area contributed by atoms with Crippen molar-refractivity contribution in [3.63, 3.8) is 0 Å². The Labute approximate surface area is 90.2 Å². The molecule has 0 aromatic heterocycles. The van der Waals surface area contributed by atoms with E-state index in [0.29, 0.717) is 0 Å². The zero-order valence-corrected chi connectivity index (χ0v) is 10.7. The lowest BCUT2D eigenvalue weighted by molar-refractivity contribution is -0.460. The molecule has 0 saturated heterocycles. The van der Waals surface area contributed by atoms with Crippen molar-refractivity contribution in [1.82, 2.24) is 0 Å². The fourth-order valence-electron chi connectivity index (χ4n) is 1.61. The average molecular weight is 198 g/mol. The van der Waals surface area contributed by atoms with E-state index in [2.05, 4.69) is 45.7 Å². The van der Waals surface area contributed by atoms with Gasteiger partial charge in [0.2, 0.25) is 0 Å². The molecule has 14 heavy (non-hydrogen) atoms. The van der Waals surface area contributed by atoms with Crippen LogP contribution >= 0.6 is 0 Å². The second kappa shape index (κ2) is 8.02. The van der Waals surface area contributed by atoms with Gasteiger partial charge in [-0.3, -0.25) is 0 Å². The maximum absolute atomic E-state index is 2.39. The van der Waals surface area contributed by atoms with Crippen molar-refractivity contribution in [3.05, 3.63) is 0 Å². The summed E-state index contributed by atoms with van der Waals surface area (Å²) in [5.74, 6) is 1.70. The zero-order valence-electron chi connectivity index (χ0n) is 10.7. The van der Waals surface area contributed by atoms with Gasteiger partial charge in [-0.25, -0.2) is 4.58 Å². The van der Waals surface area contributed by atoms with Crippen LogP contribution in [0, 0.1) is 11.8 Å². The number of unbranched alkanes of at least 4 members (excludes halogenated alkanes) is 2. The van der Waals surface area contributed by atoms with Gasteiger partial charge in [0.15, 0.2) is 0 Å². The van der Waals surface area contributed by atoms with Gasteiger partial charge < -0.3 is 0 Å². The second-order valence-electron chi connectivity index (χ2n) is 4.83. The maximum atomic E-state index is 2.39. The summed E-state index contributed by atoms with van der Waals surface area (Å²) in [6.07, 6.45) is 9.06. The van der Waals surface area contributed by atoms with E-state index in [1.54, 1.807) is 0 Å². The van der Waals surface area contributed by atoms with Gasteiger partial charge in [-0.1, -0.05) is 46.5 Å². The largest absolute Gasteiger partial charge is 0.245 e. The highest BCUT2D eigenvalue weighted by Crippen LogP contribution is 2.20. The number of rotatable bonds is 7. The summed E-state index contributed by atoms with van der Waals surface area (Å²) in [6.45, 7) is 7.04. The van der Waals surface area contributed by atoms with Crippen molar-refractivity contribution in [1.29, 1.82) is 0 Å². The van der Waals surface area contributed by atoms with Gasteiger partial charge >= 0.3 is 0 Å². The SMILES string of the molecule is CCCCCC(C)C(C)CC=[N+](C)C. The maximum Gasteiger partial charge on any atom is 0.139 e. The Balaban J connectivity index is 3.64. The average Bonchev–Trinajstić information content (AvgIpc) is 2.14. The van der Waals surface area contributed by atoms with Crippen molar-refractivity contribution in [3.8, 4) is 0 Å². The van der Waals surface area contributed by atoms with Crippen molar-refractivity contribution >= 4 is 6.21 Å². The fraction of sp³-hybridized carbons (Fsp3) is 0.923. The van der Waals surface area contributed by atoms with E-state index < -0.39 is 0 Å². The minimum Gasteiger partial charge on any atom is -0.245 e. The minimum absolute atomic E-state index is 0.828. The molecule has 0 aromatic carbocycles. The molecule has 0 heterocycles. The normalized spacial score (nSPS) is 14.9. The highest BCUT2D eigenvalue weighted by Gasteiger charge is 2.11. The van der Waals surface area contributed by atoms with Crippen LogP contribution in [-0.4, -0.2) is 24.9 Å². The Morgan fingerprint density at radius 3 is 2.21 bits per heavy atom. The summed E-state index contributed by atoms with van der Waals surface area (Å²) in [5.41, 5.74) is 0. The van der Waals surface area contributed by atoms with Crippen molar-refractivity contribution in [2.45, 2.75) is 52.9 Å². The van der Waals surface area contributed by atoms with Crippen LogP contribution in [0.4, 0.5) is 0 Å². The Morgan fingerprint density at radius 2 is 1.71 bits per heavy atom. The summed E-state index contributed by atoms with van der Waals surface area (Å²) in [6, 6.07) is 0. The van der Waals surface area contributed by atoms with E-state index in [4.69, 9.17) is 0 Å². The predicted octanol–water partition coefficient (Wildman–Crippen LogP) is 3.57. The van der Waals surface area contributed by atoms with Gasteiger partial charge in [-0.15, -0.1) is 0 Å². The first-order valence-electron chi connectivity index (χ1n) is 6.07. The number of nitrogens with zero attached hydrogens (tertiary/aromatic N) is 1. The quantitative estimate of drug-likeness (QED) is 0.334. The lowest BCUT2D eigenvalue weighted by atomic mass is 9.89. The van der Waals surface area contributed by atoms with E-state index in [1.165, 1.54) is 32.1 Å². The summed E-state index contributed by atoms with van der Waals surface area (Å²) in [7, 11) is 4.21. The Morgan fingerprint density at radius 1 is 1.07 bits per heavy atom. The summed E-state index contributed by atoms with van der Waals surface area (Å²) < 4.78 is 2.16. The summed E-state index contributed by atoms with van der Waals surface area (Å²) in [4.78, 5) is 0. The van der Waals surface area contributed by atoms with E-state index in [1.807, 2.05) is 0 Å². The van der Waals surface area contributed by atoms with E-state index >= 15 is 0 Å². The molecule has 1 nitrogen and oxygen atoms in total. The molecule has 0 bridgehead atoms. The van der Waals surface area contributed by atoms with Gasteiger partial charge in [0, 0.05) is 6.42 Å². The smallest absolute Gasteiger partial charge is 0.139 e. The van der Waals surface area contributed by atoms with E-state index in [9.17, 15) is 0 Å². The van der Waals surface area contributed by atoms with Gasteiger partial charge in [0.05, 0.1) is 0 Å². The van der Waals surface area contributed by atoms with Crippen molar-refractivity contribution < 1.29 is 4.58 Å². The third-order valence-corrected chi connectivity index (χ3v) is 3.08. The Bertz CT molecular complexity index is 157. The van der Waals surface area contributed by atoms with Gasteiger partial charge in [-0.2, -0.15) is 0 Å². The molecule has 0 radical (unpaired) electrons. The molecular formula is C13H28N+. The monoisotopic (exact) mass is 198 g/mol. The molecular weight excluding hydrogens is 170 g/mol. The molecule has 84 valence electrons. The first-order chi connectivity index (χ1) is 6.57. The minimum atomic E-state index is 0.828. The first-order valence-corrected chi connectivity index (χ1v) is 6.07. The molecule has 0 aliphatic heterocycles. The molecule has 0 amide bonds. The van der Waals surface area contributed by atoms with Gasteiger partial charge in [-0.05, 0) is 11.8 Å². The number of hydrogen-bond acceptors (Lipinski definition) is 0. The van der Waals surface area contributed by atoms with Crippen LogP contribution < -0.4 is 0 Å². The summed E-state index contributed by atoms with van der Waals surface area (Å²) in [5, 5.41) is 0. The molecule has 2 unspecified atom stereocenters. The zero-order chi connectivity index (χ0) is 11.0. The highest BCUT2D eigenvalue weighted by atomic mass is 14.9. The van der Waals surface area contributed by atoms with Crippen LogP contribution in [0.15, 0.2) is 0 Å². The third-order valence-electron chi connectivity index (χ3n) is 3.08. The van der Waals surface area contributed by atoms with Crippen molar-refractivity contribution in [2.24, 2.45) is 11.8 Å². The predicted molar refractivity (Wildman–Crippen MR) is 65.3 cm³/mol. The molecule has 0 fully saturated rings. The van der Waals surface area contributed by atoms with E-state index in [0.717, 1.165) is 11.8 Å². The fourth-order valence-corrected chi connectivity index (χ4v) is 1.61. The van der Waals surface area contributed by atoms with E-state index in [-0.39, 0.29) is 0 Å². The number of hydrogen-bond donors (Lipinski definition) is 0. The molecule has 0 spiro atoms. The topological polar surface area (TPSA) is 3.01 Å². The standard InChI is InChI=1S/C13H28N/c1-6-7-8-9-12(2)13(3)10-11-14(4)5/h11-13H,6-10H2,1-5H3/q+1. The molecule has 0 aliphatic carbocycles. The molecule has 0 aromatic rings.